The number of aliphatic hydroxyl groups is 1. The van der Waals surface area contributed by atoms with Crippen LogP contribution in [0.2, 0.25) is 0 Å². The first-order valence-corrected chi connectivity index (χ1v) is 11.9. The number of nitrogens with one attached hydrogen (secondary N) is 2. The molecule has 0 aromatic heterocycles. The third-order valence-corrected chi connectivity index (χ3v) is 7.47. The summed E-state index contributed by atoms with van der Waals surface area (Å²) in [6.45, 7) is 2.88. The number of dihydropyridines is 1. The van der Waals surface area contributed by atoms with E-state index in [-0.39, 0.29) is 11.7 Å². The lowest BCUT2D eigenvalue weighted by molar-refractivity contribution is 0.178. The Kier molecular flexibility index (Phi) is 6.10. The number of alkyl halides is 1. The lowest BCUT2D eigenvalue weighted by Crippen LogP contribution is -2.50. The number of hydrogen-bond donors (Lipinski definition) is 3. The standard InChI is InChI=1S/C26H28ClFN4O2/c1-31-13-14-32(25(31)34)23-21(28)16-20(17-5-3-2-4-6-17)24(33)26(23,27)19-9-12-30-22(15-19)18-7-10-29-11-8-18/h2-7,9,15-16,24,29-30,33H,8,10-14H2,1H3. The average molecular weight is 483 g/mol. The minimum atomic E-state index is -1.67. The van der Waals surface area contributed by atoms with E-state index in [1.165, 1.54) is 15.9 Å². The van der Waals surface area contributed by atoms with Crippen molar-refractivity contribution in [3.63, 3.8) is 0 Å². The van der Waals surface area contributed by atoms with Gasteiger partial charge in [0.05, 0.1) is 5.70 Å². The van der Waals surface area contributed by atoms with Crippen molar-refractivity contribution < 1.29 is 14.3 Å². The van der Waals surface area contributed by atoms with Gasteiger partial charge in [-0.2, -0.15) is 0 Å². The van der Waals surface area contributed by atoms with E-state index in [1.54, 1.807) is 7.05 Å². The quantitative estimate of drug-likeness (QED) is 0.576. The maximum absolute atomic E-state index is 15.9. The molecule has 4 aliphatic rings. The van der Waals surface area contributed by atoms with Gasteiger partial charge in [-0.3, -0.25) is 4.90 Å². The molecular formula is C26H28ClFN4O2. The molecule has 1 aromatic carbocycles. The van der Waals surface area contributed by atoms with Gasteiger partial charge in [-0.1, -0.05) is 42.5 Å². The molecule has 1 aliphatic carbocycles. The molecule has 2 atom stereocenters. The predicted octanol–water partition coefficient (Wildman–Crippen LogP) is 3.30. The highest BCUT2D eigenvalue weighted by Crippen LogP contribution is 2.50. The lowest BCUT2D eigenvalue weighted by atomic mass is 9.77. The van der Waals surface area contributed by atoms with Gasteiger partial charge >= 0.3 is 6.03 Å². The molecule has 0 bridgehead atoms. The normalized spacial score (nSPS) is 27.8. The van der Waals surface area contributed by atoms with E-state index in [0.29, 0.717) is 36.3 Å². The highest BCUT2D eigenvalue weighted by Gasteiger charge is 2.53. The molecule has 5 rings (SSSR count). The number of hydrogen-bond acceptors (Lipinski definition) is 4. The van der Waals surface area contributed by atoms with Gasteiger partial charge in [-0.15, -0.1) is 11.6 Å². The highest BCUT2D eigenvalue weighted by atomic mass is 35.5. The lowest BCUT2D eigenvalue weighted by Gasteiger charge is -2.43. The van der Waals surface area contributed by atoms with E-state index in [9.17, 15) is 9.90 Å². The third kappa shape index (κ3) is 3.78. The molecule has 178 valence electrons. The van der Waals surface area contributed by atoms with Gasteiger partial charge in [0.1, 0.15) is 16.8 Å². The predicted molar refractivity (Wildman–Crippen MR) is 132 cm³/mol. The molecule has 3 heterocycles. The fourth-order valence-corrected chi connectivity index (χ4v) is 5.45. The van der Waals surface area contributed by atoms with Crippen molar-refractivity contribution in [3.05, 3.63) is 88.6 Å². The Labute approximate surface area is 203 Å². The molecule has 2 unspecified atom stereocenters. The van der Waals surface area contributed by atoms with Gasteiger partial charge < -0.3 is 20.6 Å². The van der Waals surface area contributed by atoms with Crippen LogP contribution < -0.4 is 10.6 Å². The second kappa shape index (κ2) is 9.06. The SMILES string of the molecule is CN1CCN(C2=C(F)C=C(c3ccccc3)C(O)C2(Cl)C2=CCNC(C3=CCNCC3)=C2)C1=O. The van der Waals surface area contributed by atoms with E-state index in [0.717, 1.165) is 30.8 Å². The van der Waals surface area contributed by atoms with Crippen molar-refractivity contribution in [1.82, 2.24) is 20.4 Å². The van der Waals surface area contributed by atoms with Gasteiger partial charge in [0.15, 0.2) is 0 Å². The number of amides is 2. The molecule has 0 saturated carbocycles. The summed E-state index contributed by atoms with van der Waals surface area (Å²) < 4.78 is 15.9. The van der Waals surface area contributed by atoms with E-state index in [4.69, 9.17) is 11.6 Å². The molecule has 2 amide bonds. The van der Waals surface area contributed by atoms with Crippen LogP contribution in [0, 0.1) is 0 Å². The fraction of sp³-hybridized carbons (Fsp3) is 0.346. The molecule has 1 aromatic rings. The molecule has 1 fully saturated rings. The Bertz CT molecular complexity index is 1160. The van der Waals surface area contributed by atoms with Crippen LogP contribution in [0.5, 0.6) is 0 Å². The molecule has 0 spiro atoms. The van der Waals surface area contributed by atoms with Crippen LogP contribution in [0.1, 0.15) is 12.0 Å². The Morgan fingerprint density at radius 3 is 2.62 bits per heavy atom. The number of carbonyl (C=O) groups is 1. The van der Waals surface area contributed by atoms with Crippen molar-refractivity contribution >= 4 is 23.2 Å². The zero-order valence-electron chi connectivity index (χ0n) is 19.0. The topological polar surface area (TPSA) is 67.8 Å². The number of rotatable bonds is 4. The van der Waals surface area contributed by atoms with Crippen LogP contribution in [0.15, 0.2) is 83.0 Å². The summed E-state index contributed by atoms with van der Waals surface area (Å²) in [7, 11) is 1.67. The fourth-order valence-electron chi connectivity index (χ4n) is 5.01. The van der Waals surface area contributed by atoms with Crippen molar-refractivity contribution in [2.45, 2.75) is 17.4 Å². The zero-order valence-corrected chi connectivity index (χ0v) is 19.8. The van der Waals surface area contributed by atoms with Crippen LogP contribution in [0.4, 0.5) is 9.18 Å². The number of allylic oxidation sites excluding steroid dienone is 4. The van der Waals surface area contributed by atoms with Crippen LogP contribution in [0.3, 0.4) is 0 Å². The first-order chi connectivity index (χ1) is 16.4. The summed E-state index contributed by atoms with van der Waals surface area (Å²) in [5, 5.41) is 18.4. The van der Waals surface area contributed by atoms with Crippen LogP contribution in [-0.2, 0) is 0 Å². The second-order valence-electron chi connectivity index (χ2n) is 8.91. The van der Waals surface area contributed by atoms with E-state index in [2.05, 4.69) is 16.7 Å². The van der Waals surface area contributed by atoms with E-state index in [1.807, 2.05) is 42.5 Å². The van der Waals surface area contributed by atoms with Gasteiger partial charge in [-0.25, -0.2) is 9.18 Å². The van der Waals surface area contributed by atoms with Crippen molar-refractivity contribution in [2.75, 3.05) is 39.8 Å². The Hall–Kier alpha value is -2.87. The molecule has 3 N–H and O–H groups in total. The van der Waals surface area contributed by atoms with Gasteiger partial charge in [-0.05, 0) is 47.4 Å². The summed E-state index contributed by atoms with van der Waals surface area (Å²) in [5.74, 6) is -0.613. The molecule has 8 heteroatoms. The summed E-state index contributed by atoms with van der Waals surface area (Å²) in [6.07, 6.45) is 6.77. The smallest absolute Gasteiger partial charge is 0.324 e. The number of halogens is 2. The number of nitrogens with zero attached hydrogens (tertiary/aromatic N) is 2. The van der Waals surface area contributed by atoms with Crippen LogP contribution >= 0.6 is 11.6 Å². The Morgan fingerprint density at radius 2 is 1.94 bits per heavy atom. The summed E-state index contributed by atoms with van der Waals surface area (Å²) in [6, 6.07) is 8.83. The minimum Gasteiger partial charge on any atom is -0.386 e. The largest absolute Gasteiger partial charge is 0.386 e. The van der Waals surface area contributed by atoms with E-state index < -0.39 is 16.8 Å². The van der Waals surface area contributed by atoms with Gasteiger partial charge in [0.2, 0.25) is 0 Å². The molecule has 1 saturated heterocycles. The molecule has 6 nitrogen and oxygen atoms in total. The first-order valence-electron chi connectivity index (χ1n) is 11.5. The summed E-state index contributed by atoms with van der Waals surface area (Å²) in [5.41, 5.74) is 3.69. The first kappa shape index (κ1) is 22.9. The Morgan fingerprint density at radius 1 is 1.15 bits per heavy atom. The van der Waals surface area contributed by atoms with Crippen molar-refractivity contribution in [2.24, 2.45) is 0 Å². The monoisotopic (exact) mass is 482 g/mol. The highest BCUT2D eigenvalue weighted by molar-refractivity contribution is 6.30. The number of likely N-dealkylation sites (N-methyl/N-ethyl adjacent to an activating group) is 1. The van der Waals surface area contributed by atoms with Crippen LogP contribution in [-0.4, -0.2) is 71.7 Å². The van der Waals surface area contributed by atoms with Gasteiger partial charge in [0.25, 0.3) is 0 Å². The Balaban J connectivity index is 1.65. The number of aliphatic hydroxyl groups excluding tert-OH is 1. The van der Waals surface area contributed by atoms with E-state index >= 15 is 4.39 Å². The molecule has 0 radical (unpaired) electrons. The molecule has 34 heavy (non-hydrogen) atoms. The van der Waals surface area contributed by atoms with Gasteiger partial charge in [0, 0.05) is 38.9 Å². The number of benzene rings is 1. The van der Waals surface area contributed by atoms with Crippen LogP contribution in [0.25, 0.3) is 5.57 Å². The third-order valence-electron chi connectivity index (χ3n) is 6.86. The maximum atomic E-state index is 15.9. The summed E-state index contributed by atoms with van der Waals surface area (Å²) in [4.78, 5) is 14.1. The second-order valence-corrected chi connectivity index (χ2v) is 9.51. The maximum Gasteiger partial charge on any atom is 0.324 e. The minimum absolute atomic E-state index is 0.00117. The van der Waals surface area contributed by atoms with Crippen molar-refractivity contribution in [1.29, 1.82) is 0 Å². The zero-order chi connectivity index (χ0) is 23.9. The number of urea groups is 1. The average Bonchev–Trinajstić information content (AvgIpc) is 3.20. The number of carbonyl (C=O) groups excluding carboxylic acids is 1. The van der Waals surface area contributed by atoms with Crippen molar-refractivity contribution in [3.8, 4) is 0 Å². The summed E-state index contributed by atoms with van der Waals surface area (Å²) >= 11 is 7.33. The molecular weight excluding hydrogens is 455 g/mol. The molecule has 3 aliphatic heterocycles.